The van der Waals surface area contributed by atoms with Crippen LogP contribution in [0.15, 0.2) is 24.3 Å². The van der Waals surface area contributed by atoms with E-state index in [1.807, 2.05) is 31.2 Å². The lowest BCUT2D eigenvalue weighted by atomic mass is 9.71. The summed E-state index contributed by atoms with van der Waals surface area (Å²) in [6.45, 7) is 3.04. The van der Waals surface area contributed by atoms with Crippen molar-refractivity contribution in [3.05, 3.63) is 24.3 Å². The van der Waals surface area contributed by atoms with Crippen LogP contribution in [-0.2, 0) is 4.79 Å². The van der Waals surface area contributed by atoms with E-state index in [0.29, 0.717) is 19.5 Å². The smallest absolute Gasteiger partial charge is 0.220 e. The molecule has 134 valence electrons. The summed E-state index contributed by atoms with van der Waals surface area (Å²) in [5, 5.41) is 2.99. The molecule has 0 radical (unpaired) electrons. The first-order valence-corrected chi connectivity index (χ1v) is 8.84. The van der Waals surface area contributed by atoms with Gasteiger partial charge in [-0.2, -0.15) is 0 Å². The van der Waals surface area contributed by atoms with E-state index in [0.717, 1.165) is 24.3 Å². The highest BCUT2D eigenvalue weighted by Crippen LogP contribution is 2.38. The van der Waals surface area contributed by atoms with Gasteiger partial charge in [-0.1, -0.05) is 19.3 Å². The highest BCUT2D eigenvalue weighted by atomic mass is 16.5. The Labute approximate surface area is 144 Å². The monoisotopic (exact) mass is 334 g/mol. The molecule has 2 rings (SSSR count). The predicted octanol–water partition coefficient (Wildman–Crippen LogP) is 2.88. The number of methoxy groups -OCH3 is 1. The molecule has 0 spiro atoms. The molecule has 0 heterocycles. The maximum atomic E-state index is 12.3. The molecule has 1 unspecified atom stereocenters. The van der Waals surface area contributed by atoms with Gasteiger partial charge in [0, 0.05) is 6.42 Å². The normalized spacial score (nSPS) is 17.8. The zero-order valence-corrected chi connectivity index (χ0v) is 14.8. The molecule has 0 saturated heterocycles. The molecular formula is C19H30N2O3. The molecule has 5 nitrogen and oxygen atoms in total. The molecule has 1 aromatic carbocycles. The third-order valence-electron chi connectivity index (χ3n) is 4.87. The molecule has 1 fully saturated rings. The Balaban J connectivity index is 1.75. The van der Waals surface area contributed by atoms with E-state index < -0.39 is 0 Å². The van der Waals surface area contributed by atoms with Crippen LogP contribution in [0, 0.1) is 5.41 Å². The standard InChI is InChI=1S/C19H30N2O3/c1-15(24-17-8-6-16(23-2)7-9-17)13-21-18(22)12-19(14-20)10-4-3-5-11-19/h6-9,15H,3-5,10-14,20H2,1-2H3,(H,21,22). The molecule has 0 bridgehead atoms. The van der Waals surface area contributed by atoms with Gasteiger partial charge in [0.1, 0.15) is 17.6 Å². The van der Waals surface area contributed by atoms with Gasteiger partial charge in [-0.25, -0.2) is 0 Å². The molecule has 1 atom stereocenters. The summed E-state index contributed by atoms with van der Waals surface area (Å²) in [5.41, 5.74) is 5.96. The van der Waals surface area contributed by atoms with Crippen molar-refractivity contribution >= 4 is 5.91 Å². The molecular weight excluding hydrogens is 304 g/mol. The number of carbonyl (C=O) groups is 1. The lowest BCUT2D eigenvalue weighted by Gasteiger charge is -2.35. The number of hydrogen-bond acceptors (Lipinski definition) is 4. The topological polar surface area (TPSA) is 73.6 Å². The summed E-state index contributed by atoms with van der Waals surface area (Å²) >= 11 is 0. The number of hydrogen-bond donors (Lipinski definition) is 2. The van der Waals surface area contributed by atoms with Crippen LogP contribution in [0.3, 0.4) is 0 Å². The maximum absolute atomic E-state index is 12.3. The Hall–Kier alpha value is -1.75. The number of nitrogens with two attached hydrogens (primary N) is 1. The van der Waals surface area contributed by atoms with Crippen LogP contribution in [0.25, 0.3) is 0 Å². The minimum atomic E-state index is -0.0949. The lowest BCUT2D eigenvalue weighted by Crippen LogP contribution is -2.40. The Kier molecular flexibility index (Phi) is 6.91. The van der Waals surface area contributed by atoms with Gasteiger partial charge in [-0.05, 0) is 56.0 Å². The van der Waals surface area contributed by atoms with Crippen LogP contribution in [0.1, 0.15) is 45.4 Å². The first-order chi connectivity index (χ1) is 11.6. The molecule has 5 heteroatoms. The summed E-state index contributed by atoms with van der Waals surface area (Å²) in [5.74, 6) is 1.64. The minimum absolute atomic E-state index is 0.00239. The maximum Gasteiger partial charge on any atom is 0.220 e. The third kappa shape index (κ3) is 5.41. The van der Waals surface area contributed by atoms with Crippen molar-refractivity contribution in [1.82, 2.24) is 5.32 Å². The molecule has 1 aliphatic rings. The largest absolute Gasteiger partial charge is 0.497 e. The van der Waals surface area contributed by atoms with Gasteiger partial charge in [0.2, 0.25) is 5.91 Å². The molecule has 24 heavy (non-hydrogen) atoms. The quantitative estimate of drug-likeness (QED) is 0.767. The van der Waals surface area contributed by atoms with Gasteiger partial charge < -0.3 is 20.5 Å². The van der Waals surface area contributed by atoms with E-state index in [-0.39, 0.29) is 17.4 Å². The van der Waals surface area contributed by atoms with Gasteiger partial charge in [-0.3, -0.25) is 4.79 Å². The summed E-state index contributed by atoms with van der Waals surface area (Å²) in [6.07, 6.45) is 6.18. The first-order valence-electron chi connectivity index (χ1n) is 8.84. The minimum Gasteiger partial charge on any atom is -0.497 e. The Morgan fingerprint density at radius 3 is 2.42 bits per heavy atom. The zero-order chi connectivity index (χ0) is 17.4. The van der Waals surface area contributed by atoms with E-state index >= 15 is 0 Å². The molecule has 3 N–H and O–H groups in total. The molecule has 1 amide bonds. The van der Waals surface area contributed by atoms with E-state index in [4.69, 9.17) is 15.2 Å². The van der Waals surface area contributed by atoms with E-state index in [1.165, 1.54) is 19.3 Å². The number of ether oxygens (including phenoxy) is 2. The van der Waals surface area contributed by atoms with E-state index in [1.54, 1.807) is 7.11 Å². The summed E-state index contributed by atoms with van der Waals surface area (Å²) in [6, 6.07) is 7.44. The van der Waals surface area contributed by atoms with Crippen molar-refractivity contribution in [2.45, 2.75) is 51.6 Å². The second-order valence-corrected chi connectivity index (χ2v) is 6.85. The Morgan fingerprint density at radius 2 is 1.83 bits per heavy atom. The molecule has 0 aliphatic heterocycles. The van der Waals surface area contributed by atoms with Gasteiger partial charge in [0.05, 0.1) is 13.7 Å². The molecule has 0 aromatic heterocycles. The molecule has 1 saturated carbocycles. The van der Waals surface area contributed by atoms with Crippen molar-refractivity contribution in [2.75, 3.05) is 20.2 Å². The van der Waals surface area contributed by atoms with Gasteiger partial charge in [-0.15, -0.1) is 0 Å². The summed E-state index contributed by atoms with van der Waals surface area (Å²) in [7, 11) is 1.63. The van der Waals surface area contributed by atoms with Crippen LogP contribution < -0.4 is 20.5 Å². The van der Waals surface area contributed by atoms with Crippen molar-refractivity contribution < 1.29 is 14.3 Å². The fraction of sp³-hybridized carbons (Fsp3) is 0.632. The van der Waals surface area contributed by atoms with Crippen LogP contribution in [-0.4, -0.2) is 32.2 Å². The summed E-state index contributed by atoms with van der Waals surface area (Å²) in [4.78, 5) is 12.3. The number of carbonyl (C=O) groups excluding carboxylic acids is 1. The van der Waals surface area contributed by atoms with Crippen molar-refractivity contribution in [3.63, 3.8) is 0 Å². The first kappa shape index (κ1) is 18.6. The number of rotatable bonds is 8. The fourth-order valence-corrected chi connectivity index (χ4v) is 3.34. The Morgan fingerprint density at radius 1 is 1.21 bits per heavy atom. The Bertz CT molecular complexity index is 510. The van der Waals surface area contributed by atoms with Crippen molar-refractivity contribution in [1.29, 1.82) is 0 Å². The van der Waals surface area contributed by atoms with E-state index in [2.05, 4.69) is 5.32 Å². The number of amides is 1. The summed E-state index contributed by atoms with van der Waals surface area (Å²) < 4.78 is 10.9. The van der Waals surface area contributed by atoms with Gasteiger partial charge in [0.25, 0.3) is 0 Å². The highest BCUT2D eigenvalue weighted by molar-refractivity contribution is 5.76. The van der Waals surface area contributed by atoms with Crippen LogP contribution >= 0.6 is 0 Å². The number of benzene rings is 1. The van der Waals surface area contributed by atoms with E-state index in [9.17, 15) is 4.79 Å². The van der Waals surface area contributed by atoms with Crippen molar-refractivity contribution in [3.8, 4) is 11.5 Å². The van der Waals surface area contributed by atoms with Crippen LogP contribution in [0.4, 0.5) is 0 Å². The van der Waals surface area contributed by atoms with Gasteiger partial charge in [0.15, 0.2) is 0 Å². The highest BCUT2D eigenvalue weighted by Gasteiger charge is 2.32. The fourth-order valence-electron chi connectivity index (χ4n) is 3.34. The lowest BCUT2D eigenvalue weighted by molar-refractivity contribution is -0.124. The second-order valence-electron chi connectivity index (χ2n) is 6.85. The number of nitrogens with one attached hydrogen (secondary N) is 1. The van der Waals surface area contributed by atoms with Crippen LogP contribution in [0.5, 0.6) is 11.5 Å². The van der Waals surface area contributed by atoms with Gasteiger partial charge >= 0.3 is 0 Å². The average molecular weight is 334 g/mol. The van der Waals surface area contributed by atoms with Crippen LogP contribution in [0.2, 0.25) is 0 Å². The average Bonchev–Trinajstić information content (AvgIpc) is 2.61. The zero-order valence-electron chi connectivity index (χ0n) is 14.8. The molecule has 1 aromatic rings. The predicted molar refractivity (Wildman–Crippen MR) is 95.3 cm³/mol. The van der Waals surface area contributed by atoms with Crippen molar-refractivity contribution in [2.24, 2.45) is 11.1 Å². The SMILES string of the molecule is COc1ccc(OC(C)CNC(=O)CC2(CN)CCCCC2)cc1. The third-order valence-corrected chi connectivity index (χ3v) is 4.87. The molecule has 1 aliphatic carbocycles. The second kappa shape index (κ2) is 8.92.